The van der Waals surface area contributed by atoms with Crippen molar-refractivity contribution >= 4 is 57.0 Å². The first-order chi connectivity index (χ1) is 11.4. The zero-order chi connectivity index (χ0) is 17.4. The van der Waals surface area contributed by atoms with Crippen LogP contribution in [0.3, 0.4) is 0 Å². The van der Waals surface area contributed by atoms with E-state index < -0.39 is 11.5 Å². The van der Waals surface area contributed by atoms with Gasteiger partial charge in [-0.15, -0.1) is 22.7 Å². The molecule has 10 heteroatoms. The summed E-state index contributed by atoms with van der Waals surface area (Å²) in [5, 5.41) is 11.2. The highest BCUT2D eigenvalue weighted by Crippen LogP contribution is 2.26. The van der Waals surface area contributed by atoms with Crippen molar-refractivity contribution in [2.75, 3.05) is 5.43 Å². The lowest BCUT2D eigenvalue weighted by atomic mass is 10.2. The molecule has 0 saturated carbocycles. The molecule has 0 aliphatic carbocycles. The highest BCUT2D eigenvalue weighted by molar-refractivity contribution is 7.71. The van der Waals surface area contributed by atoms with E-state index >= 15 is 0 Å². The number of aromatic nitrogens is 2. The summed E-state index contributed by atoms with van der Waals surface area (Å²) in [6.45, 7) is 1.55. The van der Waals surface area contributed by atoms with Gasteiger partial charge in [0, 0.05) is 4.88 Å². The SMILES string of the molecule is Cc1c(C(=O)O)sc2[nH]c(=S)n(NC(=O)Cc3cccs3)c(=O)c12. The number of fused-ring (bicyclic) bond motifs is 1. The number of hydrogen-bond donors (Lipinski definition) is 3. The average Bonchev–Trinajstić information content (AvgIpc) is 3.11. The number of aromatic amines is 1. The Hall–Kier alpha value is -2.30. The second kappa shape index (κ2) is 6.30. The fourth-order valence-corrected chi connectivity index (χ4v) is 4.29. The third-order valence-electron chi connectivity index (χ3n) is 3.33. The standard InChI is InChI=1S/C14H11N3O4S3/c1-6-9-11(24-10(6)13(20)21)15-14(22)17(12(9)19)16-8(18)5-7-3-2-4-23-7/h2-4H,5H2,1H3,(H,15,22)(H,16,18)(H,20,21). The number of amides is 1. The minimum absolute atomic E-state index is 0.00483. The van der Waals surface area contributed by atoms with Crippen LogP contribution in [0.15, 0.2) is 22.3 Å². The first-order valence-electron chi connectivity index (χ1n) is 6.72. The van der Waals surface area contributed by atoms with Crippen LogP contribution in [-0.2, 0) is 11.2 Å². The molecule has 3 N–H and O–H groups in total. The second-order valence-electron chi connectivity index (χ2n) is 4.93. The number of aromatic carboxylic acids is 1. The van der Waals surface area contributed by atoms with Crippen molar-refractivity contribution in [3.05, 3.63) is 48.0 Å². The molecule has 0 aliphatic rings. The van der Waals surface area contributed by atoms with E-state index in [1.807, 2.05) is 17.5 Å². The predicted octanol–water partition coefficient (Wildman–Crippen LogP) is 2.50. The van der Waals surface area contributed by atoms with Crippen LogP contribution >= 0.6 is 34.9 Å². The molecule has 0 aromatic carbocycles. The lowest BCUT2D eigenvalue weighted by Crippen LogP contribution is -2.35. The summed E-state index contributed by atoms with van der Waals surface area (Å²) < 4.78 is 0.948. The van der Waals surface area contributed by atoms with Crippen molar-refractivity contribution in [1.82, 2.24) is 9.66 Å². The lowest BCUT2D eigenvalue weighted by molar-refractivity contribution is -0.116. The van der Waals surface area contributed by atoms with Crippen LogP contribution < -0.4 is 11.0 Å². The van der Waals surface area contributed by atoms with E-state index in [0.29, 0.717) is 10.4 Å². The topological polar surface area (TPSA) is 104 Å². The third kappa shape index (κ3) is 2.90. The number of thiophene rings is 2. The minimum Gasteiger partial charge on any atom is -0.477 e. The molecule has 0 spiro atoms. The molecular formula is C14H11N3O4S3. The largest absolute Gasteiger partial charge is 0.477 e. The highest BCUT2D eigenvalue weighted by atomic mass is 32.1. The van der Waals surface area contributed by atoms with Gasteiger partial charge in [0.2, 0.25) is 10.7 Å². The van der Waals surface area contributed by atoms with E-state index in [4.69, 9.17) is 12.2 Å². The number of hydrogen-bond acceptors (Lipinski definition) is 6. The van der Waals surface area contributed by atoms with E-state index in [1.165, 1.54) is 11.3 Å². The number of H-pyrrole nitrogens is 1. The Morgan fingerprint density at radius 2 is 2.21 bits per heavy atom. The normalized spacial score (nSPS) is 10.9. The Kier molecular flexibility index (Phi) is 4.35. The van der Waals surface area contributed by atoms with Gasteiger partial charge in [0.25, 0.3) is 5.56 Å². The summed E-state index contributed by atoms with van der Waals surface area (Å²) in [4.78, 5) is 40.0. The number of rotatable bonds is 4. The molecule has 0 saturated heterocycles. The first-order valence-corrected chi connectivity index (χ1v) is 8.83. The van der Waals surface area contributed by atoms with Gasteiger partial charge in [0.1, 0.15) is 9.71 Å². The fraction of sp³-hybridized carbons (Fsp3) is 0.143. The van der Waals surface area contributed by atoms with Crippen molar-refractivity contribution in [1.29, 1.82) is 0 Å². The number of carboxylic acids is 1. The van der Waals surface area contributed by atoms with Crippen LogP contribution in [0.5, 0.6) is 0 Å². The molecule has 0 atom stereocenters. The summed E-state index contributed by atoms with van der Waals surface area (Å²) in [5.41, 5.74) is 2.27. The molecule has 0 fully saturated rings. The molecule has 3 aromatic heterocycles. The summed E-state index contributed by atoms with van der Waals surface area (Å²) in [6, 6.07) is 3.65. The van der Waals surface area contributed by atoms with Gasteiger partial charge in [0.15, 0.2) is 0 Å². The highest BCUT2D eigenvalue weighted by Gasteiger charge is 2.19. The smallest absolute Gasteiger partial charge is 0.346 e. The van der Waals surface area contributed by atoms with Gasteiger partial charge in [-0.1, -0.05) is 6.07 Å². The Morgan fingerprint density at radius 3 is 2.83 bits per heavy atom. The minimum atomic E-state index is -1.11. The zero-order valence-electron chi connectivity index (χ0n) is 12.3. The number of nitrogens with one attached hydrogen (secondary N) is 2. The third-order valence-corrected chi connectivity index (χ3v) is 5.69. The van der Waals surface area contributed by atoms with Crippen LogP contribution in [-0.4, -0.2) is 26.6 Å². The van der Waals surface area contributed by atoms with Gasteiger partial charge in [-0.25, -0.2) is 4.79 Å². The summed E-state index contributed by atoms with van der Waals surface area (Å²) in [6.07, 6.45) is 0.125. The monoisotopic (exact) mass is 381 g/mol. The van der Waals surface area contributed by atoms with Crippen LogP contribution in [0.2, 0.25) is 0 Å². The van der Waals surface area contributed by atoms with Crippen LogP contribution in [0.1, 0.15) is 20.1 Å². The molecular weight excluding hydrogens is 370 g/mol. The molecule has 3 aromatic rings. The Labute approximate surface area is 148 Å². The van der Waals surface area contributed by atoms with E-state index in [-0.39, 0.29) is 27.4 Å². The fourth-order valence-electron chi connectivity index (χ4n) is 2.26. The van der Waals surface area contributed by atoms with E-state index in [1.54, 1.807) is 6.92 Å². The molecule has 1 amide bonds. The maximum absolute atomic E-state index is 12.6. The van der Waals surface area contributed by atoms with Crippen molar-refractivity contribution in [3.63, 3.8) is 0 Å². The molecule has 3 heterocycles. The van der Waals surface area contributed by atoms with E-state index in [9.17, 15) is 19.5 Å². The van der Waals surface area contributed by atoms with E-state index in [2.05, 4.69) is 10.4 Å². The van der Waals surface area contributed by atoms with Crippen LogP contribution in [0, 0.1) is 11.7 Å². The zero-order valence-corrected chi connectivity index (χ0v) is 14.7. The molecule has 3 rings (SSSR count). The molecule has 0 bridgehead atoms. The summed E-state index contributed by atoms with van der Waals surface area (Å²) >= 11 is 7.49. The van der Waals surface area contributed by atoms with Crippen LogP contribution in [0.4, 0.5) is 0 Å². The number of aryl methyl sites for hydroxylation is 1. The quantitative estimate of drug-likeness (QED) is 0.603. The maximum atomic E-state index is 12.6. The van der Waals surface area contributed by atoms with Crippen molar-refractivity contribution < 1.29 is 14.7 Å². The van der Waals surface area contributed by atoms with Gasteiger partial charge in [-0.2, -0.15) is 4.68 Å². The van der Waals surface area contributed by atoms with Crippen molar-refractivity contribution in [2.45, 2.75) is 13.3 Å². The second-order valence-corrected chi connectivity index (χ2v) is 7.37. The van der Waals surface area contributed by atoms with Gasteiger partial charge in [-0.3, -0.25) is 15.0 Å². The van der Waals surface area contributed by atoms with Gasteiger partial charge in [-0.05, 0) is 36.2 Å². The van der Waals surface area contributed by atoms with Crippen LogP contribution in [0.25, 0.3) is 10.2 Å². The Morgan fingerprint density at radius 1 is 1.46 bits per heavy atom. The molecule has 124 valence electrons. The predicted molar refractivity (Wildman–Crippen MR) is 95.4 cm³/mol. The molecule has 0 radical (unpaired) electrons. The van der Waals surface area contributed by atoms with E-state index in [0.717, 1.165) is 20.9 Å². The van der Waals surface area contributed by atoms with Gasteiger partial charge in [0.05, 0.1) is 11.8 Å². The lowest BCUT2D eigenvalue weighted by Gasteiger charge is -2.08. The average molecular weight is 381 g/mol. The molecule has 0 unspecified atom stereocenters. The van der Waals surface area contributed by atoms with Crippen molar-refractivity contribution in [3.8, 4) is 0 Å². The molecule has 7 nitrogen and oxygen atoms in total. The number of carbonyl (C=O) groups is 2. The Bertz CT molecular complexity index is 1060. The Balaban J connectivity index is 2.04. The molecule has 24 heavy (non-hydrogen) atoms. The number of carbonyl (C=O) groups excluding carboxylic acids is 1. The molecule has 0 aliphatic heterocycles. The van der Waals surface area contributed by atoms with Gasteiger partial charge >= 0.3 is 5.97 Å². The summed E-state index contributed by atoms with van der Waals surface area (Å²) in [7, 11) is 0. The maximum Gasteiger partial charge on any atom is 0.346 e. The van der Waals surface area contributed by atoms with Crippen molar-refractivity contribution in [2.24, 2.45) is 0 Å². The summed E-state index contributed by atoms with van der Waals surface area (Å²) in [5.74, 6) is -1.49. The first kappa shape index (κ1) is 16.6. The number of carboxylic acid groups (broad SMARTS) is 1. The van der Waals surface area contributed by atoms with Gasteiger partial charge < -0.3 is 10.1 Å². The number of nitrogens with zero attached hydrogens (tertiary/aromatic N) is 1.